The van der Waals surface area contributed by atoms with Crippen molar-refractivity contribution in [3.63, 3.8) is 0 Å². The van der Waals surface area contributed by atoms with Crippen molar-refractivity contribution in [2.24, 2.45) is 0 Å². The second-order valence-electron chi connectivity index (χ2n) is 6.69. The number of halogens is 2. The van der Waals surface area contributed by atoms with Gasteiger partial charge in [0.2, 0.25) is 21.8 Å². The van der Waals surface area contributed by atoms with Crippen molar-refractivity contribution in [3.05, 3.63) is 63.6 Å². The highest BCUT2D eigenvalue weighted by atomic mass is 79.9. The van der Waals surface area contributed by atoms with Gasteiger partial charge in [-0.15, -0.1) is 0 Å². The van der Waals surface area contributed by atoms with E-state index < -0.39 is 28.5 Å². The zero-order chi connectivity index (χ0) is 22.5. The first-order chi connectivity index (χ1) is 14.0. The molecule has 0 aliphatic carbocycles. The largest absolute Gasteiger partial charge is 0.357 e. The van der Waals surface area contributed by atoms with Crippen molar-refractivity contribution in [2.45, 2.75) is 19.5 Å². The van der Waals surface area contributed by atoms with E-state index in [4.69, 9.17) is 11.6 Å². The number of benzene rings is 2. The van der Waals surface area contributed by atoms with Gasteiger partial charge in [-0.1, -0.05) is 45.7 Å². The number of anilines is 1. The molecular formula is C20H23BrClN3O4S. The molecule has 0 aliphatic heterocycles. The molecule has 10 heteroatoms. The monoisotopic (exact) mass is 515 g/mol. The zero-order valence-electron chi connectivity index (χ0n) is 16.8. The summed E-state index contributed by atoms with van der Waals surface area (Å²) in [5.41, 5.74) is 1.07. The van der Waals surface area contributed by atoms with Crippen LogP contribution in [0.1, 0.15) is 12.5 Å². The predicted octanol–water partition coefficient (Wildman–Crippen LogP) is 3.03. The van der Waals surface area contributed by atoms with Crippen molar-refractivity contribution in [3.8, 4) is 0 Å². The maximum absolute atomic E-state index is 13.2. The summed E-state index contributed by atoms with van der Waals surface area (Å²) in [6.07, 6.45) is 1.02. The number of likely N-dealkylation sites (N-methyl/N-ethyl adjacent to an activating group) is 1. The fourth-order valence-corrected chi connectivity index (χ4v) is 4.11. The highest BCUT2D eigenvalue weighted by molar-refractivity contribution is 9.10. The van der Waals surface area contributed by atoms with Crippen LogP contribution in [0.5, 0.6) is 0 Å². The van der Waals surface area contributed by atoms with E-state index in [9.17, 15) is 18.0 Å². The highest BCUT2D eigenvalue weighted by Crippen LogP contribution is 2.22. The van der Waals surface area contributed by atoms with E-state index >= 15 is 0 Å². The van der Waals surface area contributed by atoms with Crippen LogP contribution in [-0.2, 0) is 26.2 Å². The number of amides is 2. The van der Waals surface area contributed by atoms with Crippen LogP contribution in [0.2, 0.25) is 5.02 Å². The van der Waals surface area contributed by atoms with Crippen LogP contribution in [0.3, 0.4) is 0 Å². The van der Waals surface area contributed by atoms with E-state index in [0.717, 1.165) is 20.6 Å². The van der Waals surface area contributed by atoms with E-state index in [2.05, 4.69) is 21.2 Å². The first-order valence-corrected chi connectivity index (χ1v) is 12.0. The van der Waals surface area contributed by atoms with Gasteiger partial charge in [0.1, 0.15) is 12.6 Å². The van der Waals surface area contributed by atoms with Gasteiger partial charge < -0.3 is 10.2 Å². The topological polar surface area (TPSA) is 86.8 Å². The van der Waals surface area contributed by atoms with E-state index in [0.29, 0.717) is 5.02 Å². The number of carbonyl (C=O) groups is 2. The third kappa shape index (κ3) is 6.45. The lowest BCUT2D eigenvalue weighted by atomic mass is 10.1. The molecule has 0 bridgehead atoms. The van der Waals surface area contributed by atoms with Gasteiger partial charge in [0.05, 0.1) is 11.9 Å². The fraction of sp³-hybridized carbons (Fsp3) is 0.300. The molecule has 0 heterocycles. The van der Waals surface area contributed by atoms with Crippen LogP contribution in [0.25, 0.3) is 0 Å². The maximum atomic E-state index is 13.2. The van der Waals surface area contributed by atoms with Gasteiger partial charge in [0.25, 0.3) is 0 Å². The minimum atomic E-state index is -3.77. The maximum Gasteiger partial charge on any atom is 0.244 e. The van der Waals surface area contributed by atoms with Gasteiger partial charge >= 0.3 is 0 Å². The molecule has 2 aromatic carbocycles. The first-order valence-electron chi connectivity index (χ1n) is 9.01. The summed E-state index contributed by atoms with van der Waals surface area (Å²) in [4.78, 5) is 26.8. The number of hydrogen-bond donors (Lipinski definition) is 1. The molecule has 0 spiro atoms. The molecule has 0 radical (unpaired) electrons. The van der Waals surface area contributed by atoms with Crippen LogP contribution in [0.4, 0.5) is 5.69 Å². The number of hydrogen-bond acceptors (Lipinski definition) is 4. The Morgan fingerprint density at radius 1 is 1.17 bits per heavy atom. The quantitative estimate of drug-likeness (QED) is 0.584. The van der Waals surface area contributed by atoms with Crippen LogP contribution in [0.15, 0.2) is 53.0 Å². The Bertz CT molecular complexity index is 1010. The Morgan fingerprint density at radius 3 is 2.33 bits per heavy atom. The Labute approximate surface area is 190 Å². The van der Waals surface area contributed by atoms with Crippen molar-refractivity contribution in [2.75, 3.05) is 24.2 Å². The summed E-state index contributed by atoms with van der Waals surface area (Å²) in [7, 11) is -2.29. The van der Waals surface area contributed by atoms with Crippen LogP contribution < -0.4 is 9.62 Å². The van der Waals surface area contributed by atoms with Crippen molar-refractivity contribution in [1.82, 2.24) is 10.2 Å². The molecule has 162 valence electrons. The minimum Gasteiger partial charge on any atom is -0.357 e. The van der Waals surface area contributed by atoms with Crippen LogP contribution >= 0.6 is 27.5 Å². The smallest absolute Gasteiger partial charge is 0.244 e. The Kier molecular flexibility index (Phi) is 8.28. The normalized spacial score (nSPS) is 12.2. The molecule has 0 saturated carbocycles. The molecule has 2 amide bonds. The number of rotatable bonds is 8. The van der Waals surface area contributed by atoms with E-state index in [1.165, 1.54) is 18.0 Å². The summed E-state index contributed by atoms with van der Waals surface area (Å²) in [6, 6.07) is 12.8. The van der Waals surface area contributed by atoms with Gasteiger partial charge in [-0.3, -0.25) is 13.9 Å². The Balaban J connectivity index is 2.36. The molecule has 1 N–H and O–H groups in total. The fourth-order valence-electron chi connectivity index (χ4n) is 2.82. The molecule has 7 nitrogen and oxygen atoms in total. The molecular weight excluding hydrogens is 494 g/mol. The van der Waals surface area contributed by atoms with E-state index in [1.807, 2.05) is 24.3 Å². The standard InChI is InChI=1S/C20H23BrClN3O4S/c1-14(20(27)23-2)24(12-15-7-9-16(21)10-8-15)19(26)13-25(30(3,28)29)18-6-4-5-17(22)11-18/h4-11,14H,12-13H2,1-3H3,(H,23,27)/t14-/m0/s1. The number of nitrogens with one attached hydrogen (secondary N) is 1. The van der Waals surface area contributed by atoms with Gasteiger partial charge in [-0.2, -0.15) is 0 Å². The molecule has 0 fully saturated rings. The van der Waals surface area contributed by atoms with Gasteiger partial charge in [0, 0.05) is 23.1 Å². The van der Waals surface area contributed by atoms with Crippen LogP contribution in [0, 0.1) is 0 Å². The number of carbonyl (C=O) groups excluding carboxylic acids is 2. The molecule has 0 unspecified atom stereocenters. The van der Waals surface area contributed by atoms with Crippen LogP contribution in [-0.4, -0.2) is 51.0 Å². The molecule has 0 saturated heterocycles. The van der Waals surface area contributed by atoms with Gasteiger partial charge in [-0.05, 0) is 42.8 Å². The molecule has 1 atom stereocenters. The highest BCUT2D eigenvalue weighted by Gasteiger charge is 2.29. The minimum absolute atomic E-state index is 0.147. The van der Waals surface area contributed by atoms with E-state index in [1.54, 1.807) is 25.1 Å². The van der Waals surface area contributed by atoms with Crippen molar-refractivity contribution in [1.29, 1.82) is 0 Å². The summed E-state index contributed by atoms with van der Waals surface area (Å²) in [5.74, 6) is -0.867. The third-order valence-electron chi connectivity index (χ3n) is 4.46. The molecule has 0 aromatic heterocycles. The lowest BCUT2D eigenvalue weighted by molar-refractivity contribution is -0.139. The summed E-state index contributed by atoms with van der Waals surface area (Å²) in [6.45, 7) is 1.28. The second-order valence-corrected chi connectivity index (χ2v) is 9.95. The first kappa shape index (κ1) is 24.2. The molecule has 2 aromatic rings. The number of sulfonamides is 1. The van der Waals surface area contributed by atoms with Gasteiger partial charge in [0.15, 0.2) is 0 Å². The van der Waals surface area contributed by atoms with Crippen molar-refractivity contribution < 1.29 is 18.0 Å². The molecule has 2 rings (SSSR count). The SMILES string of the molecule is CNC(=O)[C@H](C)N(Cc1ccc(Br)cc1)C(=O)CN(c1cccc(Cl)c1)S(C)(=O)=O. The predicted molar refractivity (Wildman–Crippen MR) is 122 cm³/mol. The zero-order valence-corrected chi connectivity index (χ0v) is 20.0. The molecule has 30 heavy (non-hydrogen) atoms. The van der Waals surface area contributed by atoms with Crippen molar-refractivity contribution >= 4 is 55.1 Å². The second kappa shape index (κ2) is 10.3. The average Bonchev–Trinajstić information content (AvgIpc) is 2.69. The summed E-state index contributed by atoms with van der Waals surface area (Å²) in [5, 5.41) is 2.87. The number of nitrogens with zero attached hydrogens (tertiary/aromatic N) is 2. The average molecular weight is 517 g/mol. The summed E-state index contributed by atoms with van der Waals surface area (Å²) >= 11 is 9.36. The lowest BCUT2D eigenvalue weighted by Crippen LogP contribution is -2.50. The van der Waals surface area contributed by atoms with E-state index in [-0.39, 0.29) is 18.1 Å². The lowest BCUT2D eigenvalue weighted by Gasteiger charge is -2.31. The van der Waals surface area contributed by atoms with Gasteiger partial charge in [-0.25, -0.2) is 8.42 Å². The molecule has 0 aliphatic rings. The Morgan fingerprint density at radius 2 is 1.80 bits per heavy atom. The summed E-state index contributed by atoms with van der Waals surface area (Å²) < 4.78 is 26.6. The Hall–Kier alpha value is -2.10. The third-order valence-corrected chi connectivity index (χ3v) is 6.36.